The number of halogens is 2. The molecule has 0 atom stereocenters. The SMILES string of the molecule is O=C(CSc1ccc(Cl)c(Cl)c1)c1ccc([N+](=O)[O-])cc1. The minimum Gasteiger partial charge on any atom is -0.293 e. The van der Waals surface area contributed by atoms with Gasteiger partial charge in [0.1, 0.15) is 0 Å². The summed E-state index contributed by atoms with van der Waals surface area (Å²) < 4.78 is 0. The second kappa shape index (κ2) is 6.93. The van der Waals surface area contributed by atoms with Gasteiger partial charge < -0.3 is 0 Å². The number of hydrogen-bond acceptors (Lipinski definition) is 4. The topological polar surface area (TPSA) is 60.2 Å². The highest BCUT2D eigenvalue weighted by Gasteiger charge is 2.10. The molecule has 4 nitrogen and oxygen atoms in total. The fraction of sp³-hybridized carbons (Fsp3) is 0.0714. The maximum atomic E-state index is 12.0. The average Bonchev–Trinajstić information content (AvgIpc) is 2.48. The third-order valence-corrected chi connectivity index (χ3v) is 4.39. The van der Waals surface area contributed by atoms with Crippen LogP contribution in [-0.2, 0) is 0 Å². The van der Waals surface area contributed by atoms with Crippen molar-refractivity contribution in [2.24, 2.45) is 0 Å². The van der Waals surface area contributed by atoms with Crippen LogP contribution >= 0.6 is 35.0 Å². The Labute approximate surface area is 135 Å². The number of ketones is 1. The maximum Gasteiger partial charge on any atom is 0.269 e. The third-order valence-electron chi connectivity index (χ3n) is 2.66. The molecule has 0 fully saturated rings. The second-order valence-corrected chi connectivity index (χ2v) is 5.95. The van der Waals surface area contributed by atoms with E-state index in [4.69, 9.17) is 23.2 Å². The van der Waals surface area contributed by atoms with Gasteiger partial charge in [-0.05, 0) is 30.3 Å². The summed E-state index contributed by atoms with van der Waals surface area (Å²) in [6, 6.07) is 10.7. The Kier molecular flexibility index (Phi) is 5.22. The number of rotatable bonds is 5. The molecule has 0 saturated carbocycles. The van der Waals surface area contributed by atoms with E-state index in [0.717, 1.165) is 4.90 Å². The number of nitro groups is 1. The van der Waals surface area contributed by atoms with Crippen molar-refractivity contribution in [3.8, 4) is 0 Å². The van der Waals surface area contributed by atoms with Gasteiger partial charge in [0.15, 0.2) is 5.78 Å². The molecular weight excluding hydrogens is 333 g/mol. The molecule has 0 aliphatic heterocycles. The zero-order chi connectivity index (χ0) is 15.4. The smallest absolute Gasteiger partial charge is 0.269 e. The molecule has 0 aromatic heterocycles. The van der Waals surface area contributed by atoms with Gasteiger partial charge in [0.2, 0.25) is 0 Å². The van der Waals surface area contributed by atoms with Crippen LogP contribution in [0, 0.1) is 10.1 Å². The molecule has 0 heterocycles. The number of Topliss-reactive ketones (excluding diaryl/α,β-unsaturated/α-hetero) is 1. The molecule has 2 rings (SSSR count). The van der Waals surface area contributed by atoms with Crippen molar-refractivity contribution >= 4 is 46.4 Å². The first kappa shape index (κ1) is 15.8. The quantitative estimate of drug-likeness (QED) is 0.336. The Balaban J connectivity index is 2.01. The number of nitro benzene ring substituents is 1. The number of thioether (sulfide) groups is 1. The van der Waals surface area contributed by atoms with E-state index < -0.39 is 4.92 Å². The molecule has 0 radical (unpaired) electrons. The summed E-state index contributed by atoms with van der Waals surface area (Å²) in [6.45, 7) is 0. The first-order valence-corrected chi connectivity index (χ1v) is 7.57. The lowest BCUT2D eigenvalue weighted by molar-refractivity contribution is -0.384. The molecule has 0 unspecified atom stereocenters. The molecule has 0 aliphatic carbocycles. The number of carbonyl (C=O) groups is 1. The number of benzene rings is 2. The van der Waals surface area contributed by atoms with E-state index >= 15 is 0 Å². The predicted molar refractivity (Wildman–Crippen MR) is 84.6 cm³/mol. The molecule has 21 heavy (non-hydrogen) atoms. The molecular formula is C14H9Cl2NO3S. The molecule has 0 aliphatic rings. The Hall–Kier alpha value is -1.56. The third kappa shape index (κ3) is 4.20. The van der Waals surface area contributed by atoms with Crippen LogP contribution in [0.2, 0.25) is 10.0 Å². The van der Waals surface area contributed by atoms with Crippen molar-refractivity contribution in [2.75, 3.05) is 5.75 Å². The lowest BCUT2D eigenvalue weighted by Gasteiger charge is -2.03. The van der Waals surface area contributed by atoms with Crippen LogP contribution in [-0.4, -0.2) is 16.5 Å². The summed E-state index contributed by atoms with van der Waals surface area (Å²) in [5, 5.41) is 11.4. The van der Waals surface area contributed by atoms with Gasteiger partial charge in [-0.1, -0.05) is 23.2 Å². The summed E-state index contributed by atoms with van der Waals surface area (Å²) in [5.41, 5.74) is 0.400. The first-order chi connectivity index (χ1) is 9.97. The molecule has 0 amide bonds. The van der Waals surface area contributed by atoms with Crippen molar-refractivity contribution < 1.29 is 9.72 Å². The Bertz CT molecular complexity index is 689. The van der Waals surface area contributed by atoms with Crippen molar-refractivity contribution in [3.63, 3.8) is 0 Å². The monoisotopic (exact) mass is 341 g/mol. The highest BCUT2D eigenvalue weighted by atomic mass is 35.5. The summed E-state index contributed by atoms with van der Waals surface area (Å²) in [7, 11) is 0. The van der Waals surface area contributed by atoms with E-state index in [0.29, 0.717) is 15.6 Å². The van der Waals surface area contributed by atoms with E-state index in [1.807, 2.05) is 0 Å². The van der Waals surface area contributed by atoms with Gasteiger partial charge in [0.05, 0.1) is 20.7 Å². The van der Waals surface area contributed by atoms with Crippen molar-refractivity contribution in [2.45, 2.75) is 4.90 Å². The van der Waals surface area contributed by atoms with Crippen LogP contribution in [0.25, 0.3) is 0 Å². The number of non-ortho nitro benzene ring substituents is 1. The molecule has 108 valence electrons. The van der Waals surface area contributed by atoms with Gasteiger partial charge in [0.25, 0.3) is 5.69 Å². The normalized spacial score (nSPS) is 10.4. The van der Waals surface area contributed by atoms with E-state index in [2.05, 4.69) is 0 Å². The van der Waals surface area contributed by atoms with E-state index in [-0.39, 0.29) is 17.2 Å². The van der Waals surface area contributed by atoms with Gasteiger partial charge in [-0.25, -0.2) is 0 Å². The molecule has 2 aromatic carbocycles. The molecule has 0 saturated heterocycles. The summed E-state index contributed by atoms with van der Waals surface area (Å²) in [5.74, 6) is 0.108. The largest absolute Gasteiger partial charge is 0.293 e. The van der Waals surface area contributed by atoms with E-state index in [1.165, 1.54) is 36.0 Å². The summed E-state index contributed by atoms with van der Waals surface area (Å²) in [4.78, 5) is 22.9. The van der Waals surface area contributed by atoms with Gasteiger partial charge in [-0.15, -0.1) is 11.8 Å². The van der Waals surface area contributed by atoms with Gasteiger partial charge >= 0.3 is 0 Å². The lowest BCUT2D eigenvalue weighted by Crippen LogP contribution is -2.02. The van der Waals surface area contributed by atoms with E-state index in [1.54, 1.807) is 18.2 Å². The zero-order valence-electron chi connectivity index (χ0n) is 10.6. The highest BCUT2D eigenvalue weighted by molar-refractivity contribution is 8.00. The van der Waals surface area contributed by atoms with Gasteiger partial charge in [0, 0.05) is 22.6 Å². The maximum absolute atomic E-state index is 12.0. The lowest BCUT2D eigenvalue weighted by atomic mass is 10.1. The molecule has 0 spiro atoms. The highest BCUT2D eigenvalue weighted by Crippen LogP contribution is 2.28. The first-order valence-electron chi connectivity index (χ1n) is 5.83. The van der Waals surface area contributed by atoms with Crippen LogP contribution in [0.15, 0.2) is 47.4 Å². The molecule has 0 N–H and O–H groups in total. The Morgan fingerprint density at radius 1 is 1.10 bits per heavy atom. The molecule has 2 aromatic rings. The fourth-order valence-electron chi connectivity index (χ4n) is 1.57. The van der Waals surface area contributed by atoms with Crippen LogP contribution in [0.5, 0.6) is 0 Å². The Morgan fingerprint density at radius 3 is 2.33 bits per heavy atom. The standard InChI is InChI=1S/C14H9Cl2NO3S/c15-12-6-5-11(7-13(12)16)21-8-14(18)9-1-3-10(4-2-9)17(19)20/h1-7H,8H2. The van der Waals surface area contributed by atoms with Gasteiger partial charge in [-0.2, -0.15) is 0 Å². The number of nitrogens with zero attached hydrogens (tertiary/aromatic N) is 1. The van der Waals surface area contributed by atoms with Crippen LogP contribution < -0.4 is 0 Å². The van der Waals surface area contributed by atoms with Crippen LogP contribution in [0.4, 0.5) is 5.69 Å². The van der Waals surface area contributed by atoms with Gasteiger partial charge in [-0.3, -0.25) is 14.9 Å². The average molecular weight is 342 g/mol. The summed E-state index contributed by atoms with van der Waals surface area (Å²) in [6.07, 6.45) is 0. The predicted octanol–water partition coefficient (Wildman–Crippen LogP) is 4.88. The minimum atomic E-state index is -0.501. The number of hydrogen-bond donors (Lipinski definition) is 0. The van der Waals surface area contributed by atoms with E-state index in [9.17, 15) is 14.9 Å². The molecule has 0 bridgehead atoms. The van der Waals surface area contributed by atoms with Crippen LogP contribution in [0.1, 0.15) is 10.4 Å². The fourth-order valence-corrected chi connectivity index (χ4v) is 2.76. The van der Waals surface area contributed by atoms with Crippen molar-refractivity contribution in [1.29, 1.82) is 0 Å². The van der Waals surface area contributed by atoms with Crippen molar-refractivity contribution in [1.82, 2.24) is 0 Å². The molecule has 7 heteroatoms. The second-order valence-electron chi connectivity index (χ2n) is 4.09. The minimum absolute atomic E-state index is 0.0383. The number of carbonyl (C=O) groups excluding carboxylic acids is 1. The van der Waals surface area contributed by atoms with Crippen LogP contribution in [0.3, 0.4) is 0 Å². The summed E-state index contributed by atoms with van der Waals surface area (Å²) >= 11 is 13.0. The Morgan fingerprint density at radius 2 is 1.76 bits per heavy atom. The van der Waals surface area contributed by atoms with Crippen molar-refractivity contribution in [3.05, 3.63) is 68.2 Å². The zero-order valence-corrected chi connectivity index (χ0v) is 12.9.